The lowest BCUT2D eigenvalue weighted by molar-refractivity contribution is -0.359. The maximum atomic E-state index is 12.3. The molecular formula is C55H80N2O20S-2. The highest BCUT2D eigenvalue weighted by molar-refractivity contribution is 7.80. The van der Waals surface area contributed by atoms with Crippen molar-refractivity contribution in [2.75, 3.05) is 31.7 Å². The second-order valence-corrected chi connectivity index (χ2v) is 22.1. The van der Waals surface area contributed by atoms with E-state index in [1.807, 2.05) is 0 Å². The molecule has 0 amide bonds. The number of carboxylic acid groups (broad SMARTS) is 1. The number of carboxylic acids is 1. The molecule has 78 heavy (non-hydrogen) atoms. The Kier molecular flexibility index (Phi) is 26.3. The number of aliphatic carboxylic acids is 1. The molecule has 1 unspecified atom stereocenters. The van der Waals surface area contributed by atoms with Gasteiger partial charge in [0.05, 0.1) is 42.0 Å². The molecule has 2 saturated carbocycles. The van der Waals surface area contributed by atoms with Gasteiger partial charge in [-0.15, -0.1) is 0 Å². The first-order valence-electron chi connectivity index (χ1n) is 27.0. The minimum atomic E-state index is -3.07. The third kappa shape index (κ3) is 18.0. The van der Waals surface area contributed by atoms with E-state index in [2.05, 4.69) is 24.4 Å². The van der Waals surface area contributed by atoms with E-state index in [4.69, 9.17) is 23.7 Å². The standard InChI is InChI=1S/C24H44O11.C22H22N2O9S.C9H16/c25-12-15-17(27)18(28)20(30)24(33-15)35-22-16(13-26)34-23(21(31)19(22)29)32-11-7-2-1-4-8-14-9-5-3-6-10-14;1-22(34(31)32,12-33-18(28)9-13-5-6-16(26)17(27)8-13)19(21(29)30)23-20-14(11-25)10-15-4-2-3-7-24(15)20;1-2-6-9-7-4-3-5-8-9/h14-31H,1-13H2;2-8,10-11,19,23,26-27H,9,12H2,1H3,(H,29,30)(H,31,32);2,6,9H,3-5,7-8H2,1H3/p-2/b;;6-2+/t15-,16-,17-,18+,19-,20-,21-,22-,23-,24-;19-,22-;/m10./s1. The van der Waals surface area contributed by atoms with Gasteiger partial charge in [-0.3, -0.25) is 13.8 Å². The number of phenols is 2. The van der Waals surface area contributed by atoms with Crippen LogP contribution in [0.2, 0.25) is 0 Å². The molecule has 22 nitrogen and oxygen atoms in total. The largest absolute Gasteiger partial charge is 0.772 e. The van der Waals surface area contributed by atoms with E-state index in [-0.39, 0.29) is 29.1 Å². The molecule has 0 spiro atoms. The number of phenolic OH excluding ortho intramolecular Hbond substituents is 2. The number of rotatable bonds is 23. The molecule has 7 rings (SSSR count). The number of esters is 1. The van der Waals surface area contributed by atoms with Crippen molar-refractivity contribution >= 4 is 40.6 Å². The zero-order valence-electron chi connectivity index (χ0n) is 44.4. The molecule has 4 heterocycles. The number of aldehydes is 1. The summed E-state index contributed by atoms with van der Waals surface area (Å²) in [7, 11) is 0. The second-order valence-electron chi connectivity index (χ2n) is 20.7. The number of nitrogens with zero attached hydrogens (tertiary/aromatic N) is 1. The Balaban J connectivity index is 0.000000247. The van der Waals surface area contributed by atoms with Gasteiger partial charge in [0.15, 0.2) is 30.4 Å². The average Bonchev–Trinajstić information content (AvgIpc) is 3.84. The van der Waals surface area contributed by atoms with Gasteiger partial charge in [-0.1, -0.05) is 101 Å². The molecule has 0 radical (unpaired) electrons. The van der Waals surface area contributed by atoms with Gasteiger partial charge in [0, 0.05) is 18.3 Å². The Morgan fingerprint density at radius 1 is 0.833 bits per heavy atom. The lowest BCUT2D eigenvalue weighted by Gasteiger charge is -2.45. The summed E-state index contributed by atoms with van der Waals surface area (Å²) in [6.07, 6.45) is 11.3. The summed E-state index contributed by atoms with van der Waals surface area (Å²) >= 11 is -3.07. The first-order valence-corrected chi connectivity index (χ1v) is 28.1. The molecule has 2 saturated heterocycles. The van der Waals surface area contributed by atoms with Crippen molar-refractivity contribution in [1.29, 1.82) is 0 Å². The van der Waals surface area contributed by atoms with Gasteiger partial charge >= 0.3 is 5.97 Å². The third-order valence-electron chi connectivity index (χ3n) is 14.8. The number of hydrogen-bond acceptors (Lipinski definition) is 21. The fourth-order valence-electron chi connectivity index (χ4n) is 10.2. The van der Waals surface area contributed by atoms with Crippen LogP contribution in [0.5, 0.6) is 11.5 Å². The van der Waals surface area contributed by atoms with Crippen molar-refractivity contribution < 1.29 is 97.9 Å². The van der Waals surface area contributed by atoms with Gasteiger partial charge < -0.3 is 93.8 Å². The van der Waals surface area contributed by atoms with E-state index in [1.165, 1.54) is 93.6 Å². The van der Waals surface area contributed by atoms with Crippen LogP contribution in [0, 0.1) is 11.8 Å². The number of aromatic hydroxyl groups is 2. The summed E-state index contributed by atoms with van der Waals surface area (Å²) in [6, 6.07) is 8.23. The van der Waals surface area contributed by atoms with E-state index < -0.39 is 121 Å². The van der Waals surface area contributed by atoms with Crippen LogP contribution < -0.4 is 10.4 Å². The molecule has 2 aliphatic carbocycles. The van der Waals surface area contributed by atoms with Crippen LogP contribution in [0.25, 0.3) is 5.52 Å². The molecule has 4 aliphatic rings. The number of anilines is 1. The summed E-state index contributed by atoms with van der Waals surface area (Å²) in [5.74, 6) is -1.72. The molecule has 0 bridgehead atoms. The van der Waals surface area contributed by atoms with Crippen molar-refractivity contribution in [1.82, 2.24) is 4.40 Å². The molecule has 1 aromatic carbocycles. The molecule has 13 atom stereocenters. The zero-order chi connectivity index (χ0) is 56.9. The van der Waals surface area contributed by atoms with Crippen molar-refractivity contribution in [3.8, 4) is 11.5 Å². The van der Waals surface area contributed by atoms with Gasteiger partial charge in [-0.25, -0.2) is 0 Å². The number of hydrogen-bond donors (Lipinski definition) is 10. The summed E-state index contributed by atoms with van der Waals surface area (Å²) in [5.41, 5.74) is 0.911. The molecule has 3 aromatic rings. The second kappa shape index (κ2) is 32.0. The minimum Gasteiger partial charge on any atom is -0.772 e. The van der Waals surface area contributed by atoms with Crippen molar-refractivity contribution in [2.45, 2.75) is 189 Å². The van der Waals surface area contributed by atoms with Crippen LogP contribution in [0.3, 0.4) is 0 Å². The van der Waals surface area contributed by atoms with E-state index in [9.17, 15) is 74.2 Å². The highest BCUT2D eigenvalue weighted by Crippen LogP contribution is 2.32. The van der Waals surface area contributed by atoms with Crippen LogP contribution in [-0.2, 0) is 50.8 Å². The lowest BCUT2D eigenvalue weighted by atomic mass is 9.85. The average molecular weight is 1120 g/mol. The number of benzene rings is 1. The van der Waals surface area contributed by atoms with E-state index in [1.54, 1.807) is 24.4 Å². The summed E-state index contributed by atoms with van der Waals surface area (Å²) in [6.45, 7) is 1.43. The molecule has 4 fully saturated rings. The Morgan fingerprint density at radius 2 is 1.49 bits per heavy atom. The number of aromatic nitrogens is 1. The Hall–Kier alpha value is -4.60. The van der Waals surface area contributed by atoms with Crippen molar-refractivity contribution in [2.24, 2.45) is 11.8 Å². The van der Waals surface area contributed by atoms with Crippen LogP contribution in [-0.4, -0.2) is 176 Å². The number of pyridine rings is 1. The van der Waals surface area contributed by atoms with Gasteiger partial charge in [-0.05, 0) is 91.9 Å². The number of carbonyl (C=O) groups excluding carboxylic acids is 3. The fourth-order valence-corrected chi connectivity index (χ4v) is 10.7. The van der Waals surface area contributed by atoms with Gasteiger partial charge in [-0.2, -0.15) is 0 Å². The maximum Gasteiger partial charge on any atom is 0.310 e. The summed E-state index contributed by atoms with van der Waals surface area (Å²) < 4.78 is 50.6. The lowest BCUT2D eigenvalue weighted by Crippen LogP contribution is -2.64. The highest BCUT2D eigenvalue weighted by Gasteiger charge is 2.51. The molecule has 2 aliphatic heterocycles. The Labute approximate surface area is 457 Å². The first-order chi connectivity index (χ1) is 37.4. The van der Waals surface area contributed by atoms with E-state index >= 15 is 0 Å². The van der Waals surface area contributed by atoms with Gasteiger partial charge in [0.25, 0.3) is 0 Å². The van der Waals surface area contributed by atoms with Crippen LogP contribution in [0.4, 0.5) is 5.82 Å². The molecular weight excluding hydrogens is 1040 g/mol. The summed E-state index contributed by atoms with van der Waals surface area (Å²) in [5, 5.41) is 104. The number of nitrogens with one attached hydrogen (secondary N) is 1. The first kappa shape index (κ1) is 64.2. The fraction of sp³-hybridized carbons (Fsp3) is 0.655. The quantitative estimate of drug-likeness (QED) is 0.0163. The normalized spacial score (nSPS) is 27.6. The number of unbranched alkanes of at least 4 members (excludes halogenated alkanes) is 3. The smallest absolute Gasteiger partial charge is 0.310 e. The number of allylic oxidation sites excluding steroid dienone is 2. The van der Waals surface area contributed by atoms with E-state index in [0.29, 0.717) is 18.4 Å². The number of fused-ring (bicyclic) bond motifs is 1. The highest BCUT2D eigenvalue weighted by atomic mass is 32.2. The van der Waals surface area contributed by atoms with Crippen molar-refractivity contribution in [3.63, 3.8) is 0 Å². The van der Waals surface area contributed by atoms with Crippen LogP contribution in [0.15, 0.2) is 60.8 Å². The molecule has 10 N–H and O–H groups in total. The SMILES string of the molecule is C/C=C/C1CCCCC1.C[C@](COC(=O)Cc1ccc(O)c(O)c1)([C@@H](Nc1c(C=O)cc2ccccn12)C(=O)[O-])S(=O)[O-].OC[C@H]1O[C@H](O[C@H]2[C@H](O)[C@@H](O)[C@H](OCCCCCCC3CCCCC3)O[C@@H]2CO)[C@H](O)[C@@H](O)[C@@H]1O. The Bertz CT molecular complexity index is 2360. The molecule has 23 heteroatoms. The van der Waals surface area contributed by atoms with Crippen LogP contribution in [0.1, 0.15) is 126 Å². The monoisotopic (exact) mass is 1120 g/mol. The third-order valence-corrected chi connectivity index (χ3v) is 16.0. The molecule has 2 aromatic heterocycles. The zero-order valence-corrected chi connectivity index (χ0v) is 45.2. The van der Waals surface area contributed by atoms with Crippen molar-refractivity contribution in [3.05, 3.63) is 71.9 Å². The molecule has 438 valence electrons. The number of aliphatic hydroxyl groups is 7. The summed E-state index contributed by atoms with van der Waals surface area (Å²) in [4.78, 5) is 35.8. The van der Waals surface area contributed by atoms with Gasteiger partial charge in [0.1, 0.15) is 61.3 Å². The van der Waals surface area contributed by atoms with E-state index in [0.717, 1.165) is 50.2 Å². The number of carbonyl (C=O) groups is 3. The maximum absolute atomic E-state index is 12.3. The minimum absolute atomic E-state index is 0.0300. The van der Waals surface area contributed by atoms with Gasteiger partial charge in [0.2, 0.25) is 0 Å². The number of aliphatic hydroxyl groups excluding tert-OH is 7. The Morgan fingerprint density at radius 3 is 2.12 bits per heavy atom. The predicted molar refractivity (Wildman–Crippen MR) is 280 cm³/mol. The topological polar surface area (TPSA) is 359 Å². The van der Waals surface area contributed by atoms with Crippen LogP contribution >= 0.6 is 0 Å². The predicted octanol–water partition coefficient (Wildman–Crippen LogP) is 2.42. The number of ether oxygens (including phenoxy) is 5.